The summed E-state index contributed by atoms with van der Waals surface area (Å²) in [6, 6.07) is 16.2. The van der Waals surface area contributed by atoms with Gasteiger partial charge >= 0.3 is 6.03 Å². The van der Waals surface area contributed by atoms with Crippen molar-refractivity contribution in [2.24, 2.45) is 0 Å². The molecular weight excluding hydrogens is 402 g/mol. The van der Waals surface area contributed by atoms with E-state index in [9.17, 15) is 9.59 Å². The second-order valence-corrected chi connectivity index (χ2v) is 8.74. The summed E-state index contributed by atoms with van der Waals surface area (Å²) in [5.41, 5.74) is 4.54. The normalized spacial score (nSPS) is 19.3. The molecule has 2 saturated heterocycles. The topological polar surface area (TPSA) is 67.9 Å². The molecule has 0 bridgehead atoms. The Morgan fingerprint density at radius 2 is 1.72 bits per heavy atom. The zero-order valence-electron chi connectivity index (χ0n) is 19.0. The van der Waals surface area contributed by atoms with Gasteiger partial charge in [0.05, 0.1) is 6.04 Å². The summed E-state index contributed by atoms with van der Waals surface area (Å²) >= 11 is 0. The third kappa shape index (κ3) is 5.40. The third-order valence-electron chi connectivity index (χ3n) is 6.47. The van der Waals surface area contributed by atoms with Gasteiger partial charge in [-0.25, -0.2) is 4.79 Å². The molecule has 3 amide bonds. The molecule has 7 nitrogen and oxygen atoms in total. The summed E-state index contributed by atoms with van der Waals surface area (Å²) in [4.78, 5) is 31.3. The number of amides is 3. The summed E-state index contributed by atoms with van der Waals surface area (Å²) < 4.78 is 0. The van der Waals surface area contributed by atoms with Crippen molar-refractivity contribution in [1.29, 1.82) is 0 Å². The van der Waals surface area contributed by atoms with E-state index in [1.165, 1.54) is 11.3 Å². The van der Waals surface area contributed by atoms with Crippen molar-refractivity contribution in [3.05, 3.63) is 59.7 Å². The van der Waals surface area contributed by atoms with Gasteiger partial charge in [-0.1, -0.05) is 24.3 Å². The highest BCUT2D eigenvalue weighted by atomic mass is 16.2. The van der Waals surface area contributed by atoms with Crippen LogP contribution in [-0.2, 0) is 4.79 Å². The summed E-state index contributed by atoms with van der Waals surface area (Å²) in [7, 11) is 0. The Morgan fingerprint density at radius 1 is 0.969 bits per heavy atom. The Balaban J connectivity index is 1.17. The molecule has 0 spiro atoms. The first-order chi connectivity index (χ1) is 15.5. The number of nitrogens with zero attached hydrogens (tertiary/aromatic N) is 3. The molecule has 0 aliphatic carbocycles. The number of carbonyl (C=O) groups is 2. The van der Waals surface area contributed by atoms with E-state index in [4.69, 9.17) is 0 Å². The highest BCUT2D eigenvalue weighted by Gasteiger charge is 2.31. The van der Waals surface area contributed by atoms with Crippen LogP contribution in [0.15, 0.2) is 48.5 Å². The molecule has 0 aromatic heterocycles. The Kier molecular flexibility index (Phi) is 6.95. The van der Waals surface area contributed by atoms with Crippen LogP contribution in [0.3, 0.4) is 0 Å². The molecule has 4 rings (SSSR count). The molecule has 0 radical (unpaired) electrons. The van der Waals surface area contributed by atoms with E-state index in [0.717, 1.165) is 44.0 Å². The molecule has 2 aliphatic rings. The van der Waals surface area contributed by atoms with Gasteiger partial charge in [-0.3, -0.25) is 9.69 Å². The van der Waals surface area contributed by atoms with Crippen LogP contribution in [0, 0.1) is 13.8 Å². The lowest BCUT2D eigenvalue weighted by atomic mass is 10.1. The van der Waals surface area contributed by atoms with E-state index in [0.29, 0.717) is 19.5 Å². The monoisotopic (exact) mass is 435 g/mol. The van der Waals surface area contributed by atoms with Gasteiger partial charge in [0.1, 0.15) is 0 Å². The molecule has 2 aliphatic heterocycles. The number of aryl methyl sites for hydroxylation is 2. The number of rotatable bonds is 6. The van der Waals surface area contributed by atoms with Crippen molar-refractivity contribution in [3.8, 4) is 0 Å². The van der Waals surface area contributed by atoms with Crippen LogP contribution < -0.4 is 20.4 Å². The molecule has 7 heteroatoms. The maximum Gasteiger partial charge on any atom is 0.315 e. The Hall–Kier alpha value is -3.06. The molecule has 2 heterocycles. The predicted molar refractivity (Wildman–Crippen MR) is 128 cm³/mol. The van der Waals surface area contributed by atoms with E-state index in [1.807, 2.05) is 31.2 Å². The van der Waals surface area contributed by atoms with Crippen molar-refractivity contribution in [2.45, 2.75) is 26.3 Å². The number of anilines is 2. The van der Waals surface area contributed by atoms with Crippen molar-refractivity contribution >= 4 is 23.3 Å². The largest absolute Gasteiger partial charge is 0.369 e. The van der Waals surface area contributed by atoms with Crippen molar-refractivity contribution in [2.75, 3.05) is 55.6 Å². The molecular formula is C25H33N5O2. The van der Waals surface area contributed by atoms with E-state index in [1.54, 1.807) is 4.90 Å². The van der Waals surface area contributed by atoms with E-state index >= 15 is 0 Å². The van der Waals surface area contributed by atoms with Crippen LogP contribution in [-0.4, -0.2) is 68.7 Å². The fourth-order valence-corrected chi connectivity index (χ4v) is 4.38. The first-order valence-corrected chi connectivity index (χ1v) is 11.4. The number of piperazine rings is 1. The first-order valence-electron chi connectivity index (χ1n) is 11.4. The number of hydrogen-bond donors (Lipinski definition) is 2. The smallest absolute Gasteiger partial charge is 0.315 e. The van der Waals surface area contributed by atoms with E-state index < -0.39 is 0 Å². The summed E-state index contributed by atoms with van der Waals surface area (Å²) in [6.07, 6.45) is 0.335. The maximum absolute atomic E-state index is 12.5. The molecule has 2 fully saturated rings. The number of para-hydroxylation sites is 1. The van der Waals surface area contributed by atoms with Crippen molar-refractivity contribution in [1.82, 2.24) is 15.5 Å². The Bertz CT molecular complexity index is 941. The summed E-state index contributed by atoms with van der Waals surface area (Å²) in [5, 5.41) is 5.91. The Morgan fingerprint density at radius 3 is 2.44 bits per heavy atom. The lowest BCUT2D eigenvalue weighted by molar-refractivity contribution is -0.117. The zero-order valence-corrected chi connectivity index (χ0v) is 19.0. The Labute approximate surface area is 190 Å². The average Bonchev–Trinajstić information content (AvgIpc) is 3.16. The van der Waals surface area contributed by atoms with Crippen LogP contribution in [0.1, 0.15) is 17.5 Å². The van der Waals surface area contributed by atoms with Gasteiger partial charge in [0.2, 0.25) is 5.91 Å². The van der Waals surface area contributed by atoms with Crippen LogP contribution >= 0.6 is 0 Å². The van der Waals surface area contributed by atoms with E-state index in [-0.39, 0.29) is 18.0 Å². The minimum atomic E-state index is -0.201. The maximum atomic E-state index is 12.5. The predicted octanol–water partition coefficient (Wildman–Crippen LogP) is 2.53. The molecule has 1 atom stereocenters. The molecule has 170 valence electrons. The van der Waals surface area contributed by atoms with Crippen molar-refractivity contribution in [3.63, 3.8) is 0 Å². The highest BCUT2D eigenvalue weighted by molar-refractivity contribution is 5.96. The van der Waals surface area contributed by atoms with Gasteiger partial charge in [0.25, 0.3) is 0 Å². The first kappa shape index (κ1) is 22.1. The minimum absolute atomic E-state index is 0.0508. The van der Waals surface area contributed by atoms with Gasteiger partial charge < -0.3 is 20.4 Å². The third-order valence-corrected chi connectivity index (χ3v) is 6.47. The number of benzene rings is 2. The fraction of sp³-hybridized carbons (Fsp3) is 0.440. The lowest BCUT2D eigenvalue weighted by Gasteiger charge is -2.36. The highest BCUT2D eigenvalue weighted by Crippen LogP contribution is 2.24. The van der Waals surface area contributed by atoms with Crippen LogP contribution in [0.25, 0.3) is 0 Å². The SMILES string of the molecule is Cc1ccc(N2C[C@@H](NC(=O)NCCN3CCN(c4ccccc4)CC3)CC2=O)cc1C. The van der Waals surface area contributed by atoms with Crippen LogP contribution in [0.5, 0.6) is 0 Å². The van der Waals surface area contributed by atoms with Gasteiger partial charge in [-0.05, 0) is 49.2 Å². The molecule has 2 aromatic rings. The standard InChI is InChI=1S/C25H33N5O2/c1-19-8-9-23(16-20(19)2)30-18-21(17-24(30)31)27-25(32)26-10-11-28-12-14-29(15-13-28)22-6-4-3-5-7-22/h3-9,16,21H,10-15,17-18H2,1-2H3,(H2,26,27,32)/t21-/m0/s1. The van der Waals surface area contributed by atoms with Crippen LogP contribution in [0.4, 0.5) is 16.2 Å². The van der Waals surface area contributed by atoms with E-state index in [2.05, 4.69) is 51.6 Å². The van der Waals surface area contributed by atoms with Crippen molar-refractivity contribution < 1.29 is 9.59 Å². The number of hydrogen-bond acceptors (Lipinski definition) is 4. The molecule has 32 heavy (non-hydrogen) atoms. The second kappa shape index (κ2) is 10.0. The van der Waals surface area contributed by atoms with Gasteiger partial charge in [0, 0.05) is 63.6 Å². The summed E-state index contributed by atoms with van der Waals surface area (Å²) in [6.45, 7) is 10.0. The average molecular weight is 436 g/mol. The summed E-state index contributed by atoms with van der Waals surface area (Å²) in [5.74, 6) is 0.0508. The van der Waals surface area contributed by atoms with Gasteiger partial charge in [-0.2, -0.15) is 0 Å². The number of nitrogens with one attached hydrogen (secondary N) is 2. The van der Waals surface area contributed by atoms with Gasteiger partial charge in [0.15, 0.2) is 0 Å². The molecule has 0 saturated carbocycles. The molecule has 2 N–H and O–H groups in total. The lowest BCUT2D eigenvalue weighted by Crippen LogP contribution is -2.50. The number of carbonyl (C=O) groups excluding carboxylic acids is 2. The molecule has 0 unspecified atom stereocenters. The number of urea groups is 1. The van der Waals surface area contributed by atoms with Crippen LogP contribution in [0.2, 0.25) is 0 Å². The second-order valence-electron chi connectivity index (χ2n) is 8.74. The molecule has 2 aromatic carbocycles. The quantitative estimate of drug-likeness (QED) is 0.732. The minimum Gasteiger partial charge on any atom is -0.369 e. The van der Waals surface area contributed by atoms with Gasteiger partial charge in [-0.15, -0.1) is 0 Å². The fourth-order valence-electron chi connectivity index (χ4n) is 4.38. The zero-order chi connectivity index (χ0) is 22.5.